The molecule has 0 radical (unpaired) electrons. The molecule has 0 aliphatic carbocycles. The molecule has 1 aliphatic rings. The summed E-state index contributed by atoms with van der Waals surface area (Å²) in [5.41, 5.74) is 1.01. The maximum Gasteiger partial charge on any atom is 0.387 e. The van der Waals surface area contributed by atoms with E-state index in [9.17, 15) is 23.2 Å². The first-order valence-corrected chi connectivity index (χ1v) is 9.91. The van der Waals surface area contributed by atoms with Gasteiger partial charge in [-0.3, -0.25) is 24.3 Å². The molecule has 0 saturated carbocycles. The molecule has 7 nitrogen and oxygen atoms in total. The summed E-state index contributed by atoms with van der Waals surface area (Å²) in [7, 11) is 0. The van der Waals surface area contributed by atoms with E-state index in [0.717, 1.165) is 22.7 Å². The van der Waals surface area contributed by atoms with Gasteiger partial charge in [0.2, 0.25) is 5.91 Å². The van der Waals surface area contributed by atoms with Crippen molar-refractivity contribution in [3.63, 3.8) is 0 Å². The van der Waals surface area contributed by atoms with Crippen LogP contribution in [-0.2, 0) is 9.59 Å². The zero-order valence-electron chi connectivity index (χ0n) is 16.0. The highest BCUT2D eigenvalue weighted by molar-refractivity contribution is 8.18. The van der Waals surface area contributed by atoms with E-state index in [0.29, 0.717) is 11.1 Å². The largest absolute Gasteiger partial charge is 0.434 e. The van der Waals surface area contributed by atoms with Gasteiger partial charge in [-0.2, -0.15) is 8.78 Å². The average Bonchev–Trinajstić information content (AvgIpc) is 3.01. The molecule has 2 heterocycles. The molecule has 10 heteroatoms. The number of ether oxygens (including phenoxy) is 1. The number of thioether (sulfide) groups is 1. The van der Waals surface area contributed by atoms with Gasteiger partial charge in [-0.15, -0.1) is 0 Å². The fourth-order valence-electron chi connectivity index (χ4n) is 2.64. The van der Waals surface area contributed by atoms with Gasteiger partial charge in [0.25, 0.3) is 11.1 Å². The summed E-state index contributed by atoms with van der Waals surface area (Å²) in [6.07, 6.45) is 7.25. The monoisotopic (exact) mass is 445 g/mol. The molecule has 0 bridgehead atoms. The van der Waals surface area contributed by atoms with Crippen molar-refractivity contribution in [2.75, 3.05) is 13.1 Å². The Hall–Kier alpha value is -3.53. The van der Waals surface area contributed by atoms with Crippen molar-refractivity contribution in [2.45, 2.75) is 6.61 Å². The van der Waals surface area contributed by atoms with Crippen LogP contribution in [0.15, 0.2) is 59.8 Å². The van der Waals surface area contributed by atoms with Crippen LogP contribution in [0.25, 0.3) is 12.2 Å². The Kier molecular flexibility index (Phi) is 7.50. The summed E-state index contributed by atoms with van der Waals surface area (Å²) in [6, 6.07) is 9.52. The first-order valence-electron chi connectivity index (χ1n) is 9.09. The number of alkyl halides is 2. The van der Waals surface area contributed by atoms with E-state index in [2.05, 4.69) is 15.0 Å². The third-order valence-electron chi connectivity index (χ3n) is 4.04. The highest BCUT2D eigenvalue weighted by Gasteiger charge is 2.34. The number of amides is 3. The van der Waals surface area contributed by atoms with Gasteiger partial charge in [0.05, 0.1) is 4.91 Å². The van der Waals surface area contributed by atoms with Crippen LogP contribution in [0.5, 0.6) is 5.75 Å². The van der Waals surface area contributed by atoms with Crippen molar-refractivity contribution in [2.24, 2.45) is 0 Å². The van der Waals surface area contributed by atoms with Crippen LogP contribution in [0.3, 0.4) is 0 Å². The molecule has 1 aromatic carbocycles. The summed E-state index contributed by atoms with van der Waals surface area (Å²) < 4.78 is 29.3. The minimum absolute atomic E-state index is 0.000291. The van der Waals surface area contributed by atoms with E-state index < -0.39 is 23.7 Å². The molecule has 160 valence electrons. The van der Waals surface area contributed by atoms with Crippen molar-refractivity contribution < 1.29 is 27.9 Å². The molecule has 0 spiro atoms. The Bertz CT molecular complexity index is 1030. The van der Waals surface area contributed by atoms with Crippen LogP contribution in [0.4, 0.5) is 13.6 Å². The number of aromatic nitrogens is 1. The van der Waals surface area contributed by atoms with Gasteiger partial charge in [-0.1, -0.05) is 24.3 Å². The molecule has 0 atom stereocenters. The van der Waals surface area contributed by atoms with Crippen LogP contribution in [0.2, 0.25) is 0 Å². The Morgan fingerprint density at radius 3 is 2.77 bits per heavy atom. The third-order valence-corrected chi connectivity index (χ3v) is 4.95. The van der Waals surface area contributed by atoms with E-state index in [4.69, 9.17) is 0 Å². The van der Waals surface area contributed by atoms with Crippen LogP contribution in [0, 0.1) is 0 Å². The van der Waals surface area contributed by atoms with Crippen LogP contribution in [-0.4, -0.2) is 46.6 Å². The summed E-state index contributed by atoms with van der Waals surface area (Å²) in [5, 5.41) is 2.12. The molecule has 0 unspecified atom stereocenters. The third kappa shape index (κ3) is 6.22. The van der Waals surface area contributed by atoms with Crippen molar-refractivity contribution in [1.29, 1.82) is 0 Å². The number of carbonyl (C=O) groups is 3. The van der Waals surface area contributed by atoms with Crippen molar-refractivity contribution in [1.82, 2.24) is 15.2 Å². The van der Waals surface area contributed by atoms with Crippen molar-refractivity contribution in [3.05, 3.63) is 70.9 Å². The SMILES string of the molecule is O=C(/C=C/c1ccccc1OC(F)F)NCCN1C(=O)S/C(=C\c2cccnc2)C1=O. The second kappa shape index (κ2) is 10.5. The lowest BCUT2D eigenvalue weighted by Gasteiger charge is -2.12. The Balaban J connectivity index is 1.53. The molecular weight excluding hydrogens is 428 g/mol. The number of carbonyl (C=O) groups excluding carboxylic acids is 3. The lowest BCUT2D eigenvalue weighted by molar-refractivity contribution is -0.123. The summed E-state index contributed by atoms with van der Waals surface area (Å²) in [5.74, 6) is -1.01. The maximum absolute atomic E-state index is 12.4. The van der Waals surface area contributed by atoms with Gasteiger partial charge in [0.1, 0.15) is 5.75 Å². The number of para-hydroxylation sites is 1. The minimum atomic E-state index is -2.98. The average molecular weight is 445 g/mol. The van der Waals surface area contributed by atoms with Gasteiger partial charge in [0.15, 0.2) is 0 Å². The molecule has 31 heavy (non-hydrogen) atoms. The van der Waals surface area contributed by atoms with Crippen molar-refractivity contribution >= 4 is 41.0 Å². The summed E-state index contributed by atoms with van der Waals surface area (Å²) in [4.78, 5) is 41.8. The lowest BCUT2D eigenvalue weighted by Crippen LogP contribution is -2.36. The zero-order chi connectivity index (χ0) is 22.2. The summed E-state index contributed by atoms with van der Waals surface area (Å²) >= 11 is 0.818. The molecule has 1 aromatic heterocycles. The smallest absolute Gasteiger partial charge is 0.387 e. The predicted octanol–water partition coefficient (Wildman–Crippen LogP) is 3.55. The zero-order valence-corrected chi connectivity index (χ0v) is 16.9. The lowest BCUT2D eigenvalue weighted by atomic mass is 10.2. The van der Waals surface area contributed by atoms with Gasteiger partial charge in [-0.25, -0.2) is 0 Å². The molecule has 2 aromatic rings. The second-order valence-corrected chi connectivity index (χ2v) is 7.15. The molecule has 1 N–H and O–H groups in total. The van der Waals surface area contributed by atoms with Gasteiger partial charge in [-0.05, 0) is 41.6 Å². The van der Waals surface area contributed by atoms with Crippen LogP contribution in [0.1, 0.15) is 11.1 Å². The number of benzene rings is 1. The van der Waals surface area contributed by atoms with Gasteiger partial charge < -0.3 is 10.1 Å². The van der Waals surface area contributed by atoms with Crippen molar-refractivity contribution in [3.8, 4) is 5.75 Å². The normalized spacial score (nSPS) is 15.3. The van der Waals surface area contributed by atoms with Gasteiger partial charge in [0, 0.05) is 37.1 Å². The standard InChI is InChI=1S/C21H17F2N3O4S/c22-20(23)30-16-6-2-1-5-15(16)7-8-18(27)25-10-11-26-19(28)17(31-21(26)29)12-14-4-3-9-24-13-14/h1-9,12-13,20H,10-11H2,(H,25,27)/b8-7+,17-12-. The number of halogens is 2. The van der Waals surface area contributed by atoms with Crippen LogP contribution < -0.4 is 10.1 Å². The number of hydrogen-bond acceptors (Lipinski definition) is 6. The Morgan fingerprint density at radius 1 is 1.23 bits per heavy atom. The number of hydrogen-bond donors (Lipinski definition) is 1. The van der Waals surface area contributed by atoms with Crippen LogP contribution >= 0.6 is 11.8 Å². The Morgan fingerprint density at radius 2 is 2.03 bits per heavy atom. The summed E-state index contributed by atoms with van der Waals surface area (Å²) in [6.45, 7) is -2.94. The molecule has 1 saturated heterocycles. The Labute approximate surface area is 180 Å². The minimum Gasteiger partial charge on any atom is -0.434 e. The van der Waals surface area contributed by atoms with E-state index in [1.165, 1.54) is 24.3 Å². The molecule has 1 aliphatic heterocycles. The first kappa shape index (κ1) is 22.2. The van der Waals surface area contributed by atoms with Gasteiger partial charge >= 0.3 is 6.61 Å². The fraction of sp³-hybridized carbons (Fsp3) is 0.143. The number of nitrogens with zero attached hydrogens (tertiary/aromatic N) is 2. The van der Waals surface area contributed by atoms with E-state index >= 15 is 0 Å². The molecule has 3 rings (SSSR count). The highest BCUT2D eigenvalue weighted by atomic mass is 32.2. The quantitative estimate of drug-likeness (QED) is 0.626. The highest BCUT2D eigenvalue weighted by Crippen LogP contribution is 2.31. The number of rotatable bonds is 8. The molecular formula is C21H17F2N3O4S. The van der Waals surface area contributed by atoms with E-state index in [1.54, 1.807) is 36.7 Å². The van der Waals surface area contributed by atoms with E-state index in [-0.39, 0.29) is 23.7 Å². The number of imide groups is 1. The van der Waals surface area contributed by atoms with E-state index in [1.807, 2.05) is 0 Å². The maximum atomic E-state index is 12.4. The predicted molar refractivity (Wildman–Crippen MR) is 112 cm³/mol. The first-order chi connectivity index (χ1) is 14.9. The molecule has 1 fully saturated rings. The fourth-order valence-corrected chi connectivity index (χ4v) is 3.51. The topological polar surface area (TPSA) is 88.6 Å². The second-order valence-electron chi connectivity index (χ2n) is 6.16. The molecule has 3 amide bonds. The number of nitrogens with one attached hydrogen (secondary N) is 1. The number of pyridine rings is 1.